The van der Waals surface area contributed by atoms with Crippen LogP contribution in [0.1, 0.15) is 22.3 Å². The van der Waals surface area contributed by atoms with Crippen molar-refractivity contribution in [1.29, 1.82) is 0 Å². The van der Waals surface area contributed by atoms with Crippen LogP contribution in [0.5, 0.6) is 5.75 Å². The zero-order chi connectivity index (χ0) is 17.0. The third-order valence-corrected chi connectivity index (χ3v) is 3.69. The maximum atomic E-state index is 13.9. The first kappa shape index (κ1) is 16.8. The average Bonchev–Trinajstić information content (AvgIpc) is 2.52. The van der Waals surface area contributed by atoms with Crippen LogP contribution in [0.4, 0.5) is 14.9 Å². The zero-order valence-electron chi connectivity index (χ0n) is 13.7. The summed E-state index contributed by atoms with van der Waals surface area (Å²) in [4.78, 5) is 11.4. The van der Waals surface area contributed by atoms with E-state index in [9.17, 15) is 9.18 Å². The minimum absolute atomic E-state index is 0.0702. The fourth-order valence-electron chi connectivity index (χ4n) is 2.23. The van der Waals surface area contributed by atoms with Gasteiger partial charge in [0.1, 0.15) is 18.2 Å². The lowest BCUT2D eigenvalue weighted by Gasteiger charge is -2.15. The first-order valence-corrected chi connectivity index (χ1v) is 7.25. The molecule has 0 aliphatic heterocycles. The van der Waals surface area contributed by atoms with Crippen molar-refractivity contribution in [3.05, 3.63) is 58.4 Å². The minimum Gasteiger partial charge on any atom is -0.489 e. The quantitative estimate of drug-likeness (QED) is 0.902. The Hall–Kier alpha value is -2.56. The highest BCUT2D eigenvalue weighted by molar-refractivity contribution is 5.85. The maximum absolute atomic E-state index is 13.9. The van der Waals surface area contributed by atoms with Gasteiger partial charge in [0.25, 0.3) is 0 Å². The van der Waals surface area contributed by atoms with Gasteiger partial charge in [-0.2, -0.15) is 0 Å². The summed E-state index contributed by atoms with van der Waals surface area (Å²) in [7, 11) is 1.23. The Morgan fingerprint density at radius 2 is 1.83 bits per heavy atom. The molecule has 1 N–H and O–H groups in total. The van der Waals surface area contributed by atoms with E-state index in [0.717, 1.165) is 16.9 Å². The Labute approximate surface area is 135 Å². The van der Waals surface area contributed by atoms with Crippen molar-refractivity contribution in [3.63, 3.8) is 0 Å². The van der Waals surface area contributed by atoms with Crippen LogP contribution in [-0.4, -0.2) is 13.2 Å². The number of anilines is 1. The monoisotopic (exact) mass is 317 g/mol. The summed E-state index contributed by atoms with van der Waals surface area (Å²) in [5, 5.41) is 2.38. The van der Waals surface area contributed by atoms with Crippen molar-refractivity contribution in [2.75, 3.05) is 12.4 Å². The molecule has 122 valence electrons. The Morgan fingerprint density at radius 3 is 2.52 bits per heavy atom. The summed E-state index contributed by atoms with van der Waals surface area (Å²) in [5.41, 5.74) is 3.92. The number of benzene rings is 2. The normalized spacial score (nSPS) is 10.3. The fraction of sp³-hybridized carbons (Fsp3) is 0.278. The highest BCUT2D eigenvalue weighted by atomic mass is 19.1. The van der Waals surface area contributed by atoms with Crippen molar-refractivity contribution in [2.45, 2.75) is 27.4 Å². The number of ether oxygens (including phenoxy) is 2. The van der Waals surface area contributed by atoms with E-state index < -0.39 is 11.9 Å². The summed E-state index contributed by atoms with van der Waals surface area (Å²) in [6, 6.07) is 8.55. The summed E-state index contributed by atoms with van der Waals surface area (Å²) in [6.45, 7) is 6.15. The zero-order valence-corrected chi connectivity index (χ0v) is 13.7. The molecule has 0 aromatic heterocycles. The van der Waals surface area contributed by atoms with Crippen LogP contribution in [0.3, 0.4) is 0 Å². The number of hydrogen-bond acceptors (Lipinski definition) is 3. The lowest BCUT2D eigenvalue weighted by atomic mass is 10.1. The molecule has 0 atom stereocenters. The molecular formula is C18H20FNO3. The van der Waals surface area contributed by atoms with Crippen LogP contribution >= 0.6 is 0 Å². The molecule has 2 rings (SSSR count). The van der Waals surface area contributed by atoms with Gasteiger partial charge in [0.15, 0.2) is 0 Å². The topological polar surface area (TPSA) is 47.6 Å². The Balaban J connectivity index is 2.22. The summed E-state index contributed by atoms with van der Waals surface area (Å²) >= 11 is 0. The molecule has 0 spiro atoms. The predicted octanol–water partition coefficient (Wildman–Crippen LogP) is 4.51. The van der Waals surface area contributed by atoms with Crippen molar-refractivity contribution >= 4 is 11.8 Å². The first-order valence-electron chi connectivity index (χ1n) is 7.25. The second-order valence-corrected chi connectivity index (χ2v) is 5.38. The number of amides is 1. The molecule has 1 amide bonds. The van der Waals surface area contributed by atoms with Gasteiger partial charge in [-0.1, -0.05) is 18.2 Å². The van der Waals surface area contributed by atoms with Gasteiger partial charge in [0, 0.05) is 5.56 Å². The van der Waals surface area contributed by atoms with E-state index in [1.165, 1.54) is 18.7 Å². The fourth-order valence-corrected chi connectivity index (χ4v) is 2.23. The van der Waals surface area contributed by atoms with Crippen LogP contribution in [0, 0.1) is 26.6 Å². The van der Waals surface area contributed by atoms with Crippen molar-refractivity contribution < 1.29 is 18.7 Å². The lowest BCUT2D eigenvalue weighted by molar-refractivity contribution is 0.186. The predicted molar refractivity (Wildman–Crippen MR) is 87.4 cm³/mol. The molecule has 4 nitrogen and oxygen atoms in total. The lowest BCUT2D eigenvalue weighted by Crippen LogP contribution is -2.14. The van der Waals surface area contributed by atoms with Crippen LogP contribution in [0.15, 0.2) is 30.3 Å². The number of nitrogens with one attached hydrogen (secondary N) is 1. The first-order chi connectivity index (χ1) is 10.9. The molecule has 0 fully saturated rings. The van der Waals surface area contributed by atoms with Crippen molar-refractivity contribution in [3.8, 4) is 5.75 Å². The molecule has 2 aromatic rings. The second-order valence-electron chi connectivity index (χ2n) is 5.38. The molecule has 0 aliphatic rings. The Morgan fingerprint density at radius 1 is 1.13 bits per heavy atom. The molecule has 0 saturated carbocycles. The van der Waals surface area contributed by atoms with Crippen LogP contribution in [-0.2, 0) is 11.3 Å². The van der Waals surface area contributed by atoms with Gasteiger partial charge in [-0.3, -0.25) is 5.32 Å². The van der Waals surface area contributed by atoms with Gasteiger partial charge in [0.05, 0.1) is 12.8 Å². The number of aryl methyl sites for hydroxylation is 3. The van der Waals surface area contributed by atoms with Gasteiger partial charge in [-0.25, -0.2) is 9.18 Å². The van der Waals surface area contributed by atoms with Crippen LogP contribution in [0.2, 0.25) is 0 Å². The second kappa shape index (κ2) is 7.13. The smallest absolute Gasteiger partial charge is 0.411 e. The third kappa shape index (κ3) is 4.00. The molecular weight excluding hydrogens is 297 g/mol. The molecule has 0 heterocycles. The number of carbonyl (C=O) groups is 1. The van der Waals surface area contributed by atoms with Gasteiger partial charge < -0.3 is 9.47 Å². The molecule has 0 saturated heterocycles. The Bertz CT molecular complexity index is 728. The number of halogens is 1. The van der Waals surface area contributed by atoms with Gasteiger partial charge >= 0.3 is 6.09 Å². The molecule has 5 heteroatoms. The SMILES string of the molecule is COC(=O)Nc1c(F)cccc1COc1cc(C)c(C)cc1C. The van der Waals surface area contributed by atoms with Gasteiger partial charge in [0.2, 0.25) is 0 Å². The number of methoxy groups -OCH3 is 1. The molecule has 2 aromatic carbocycles. The van der Waals surface area contributed by atoms with Gasteiger partial charge in [-0.05, 0) is 49.6 Å². The number of rotatable bonds is 4. The number of para-hydroxylation sites is 1. The minimum atomic E-state index is -0.723. The highest BCUT2D eigenvalue weighted by Gasteiger charge is 2.13. The van der Waals surface area contributed by atoms with Crippen molar-refractivity contribution in [1.82, 2.24) is 0 Å². The van der Waals surface area contributed by atoms with Crippen molar-refractivity contribution in [2.24, 2.45) is 0 Å². The highest BCUT2D eigenvalue weighted by Crippen LogP contribution is 2.26. The van der Waals surface area contributed by atoms with Crippen LogP contribution < -0.4 is 10.1 Å². The average molecular weight is 317 g/mol. The Kier molecular flexibility index (Phi) is 5.21. The van der Waals surface area contributed by atoms with E-state index in [0.29, 0.717) is 5.56 Å². The largest absolute Gasteiger partial charge is 0.489 e. The molecule has 0 aliphatic carbocycles. The standard InChI is InChI=1S/C18H20FNO3/c1-11-8-13(3)16(9-12(11)2)23-10-14-6-5-7-15(19)17(14)20-18(21)22-4/h5-9H,10H2,1-4H3,(H,20,21). The van der Waals surface area contributed by atoms with E-state index in [2.05, 4.69) is 10.1 Å². The van der Waals surface area contributed by atoms with E-state index in [1.807, 2.05) is 32.9 Å². The number of hydrogen-bond donors (Lipinski definition) is 1. The van der Waals surface area contributed by atoms with Crippen LogP contribution in [0.25, 0.3) is 0 Å². The molecule has 0 bridgehead atoms. The van der Waals surface area contributed by atoms with E-state index in [4.69, 9.17) is 4.74 Å². The maximum Gasteiger partial charge on any atom is 0.411 e. The summed E-state index contributed by atoms with van der Waals surface area (Å²) in [6.07, 6.45) is -0.723. The van der Waals surface area contributed by atoms with E-state index >= 15 is 0 Å². The van der Waals surface area contributed by atoms with Gasteiger partial charge in [-0.15, -0.1) is 0 Å². The summed E-state index contributed by atoms with van der Waals surface area (Å²) < 4.78 is 24.3. The summed E-state index contributed by atoms with van der Waals surface area (Å²) in [5.74, 6) is 0.203. The molecule has 0 radical (unpaired) electrons. The van der Waals surface area contributed by atoms with E-state index in [1.54, 1.807) is 12.1 Å². The van der Waals surface area contributed by atoms with E-state index in [-0.39, 0.29) is 12.3 Å². The molecule has 0 unspecified atom stereocenters. The third-order valence-electron chi connectivity index (χ3n) is 3.69. The molecule has 23 heavy (non-hydrogen) atoms. The number of carbonyl (C=O) groups excluding carboxylic acids is 1.